The van der Waals surface area contributed by atoms with E-state index >= 15 is 0 Å². The lowest BCUT2D eigenvalue weighted by Gasteiger charge is -2.36. The Morgan fingerprint density at radius 1 is 1.00 bits per heavy atom. The number of carboxylic acid groups (broad SMARTS) is 1. The molecule has 1 aromatic carbocycles. The summed E-state index contributed by atoms with van der Waals surface area (Å²) in [5, 5.41) is 12.4. The molecule has 0 spiro atoms. The van der Waals surface area contributed by atoms with Gasteiger partial charge in [0.2, 0.25) is 5.91 Å². The maximum absolute atomic E-state index is 13.7. The molecule has 1 aromatic heterocycles. The summed E-state index contributed by atoms with van der Waals surface area (Å²) in [6.45, 7) is 5.09. The van der Waals surface area contributed by atoms with Crippen LogP contribution in [0.15, 0.2) is 36.4 Å². The maximum atomic E-state index is 13.7. The lowest BCUT2D eigenvalue weighted by Crippen LogP contribution is -2.56. The number of nitrogens with one attached hydrogen (secondary N) is 1. The maximum Gasteiger partial charge on any atom is 0.409 e. The topological polar surface area (TPSA) is 145 Å². The third-order valence-electron chi connectivity index (χ3n) is 9.00. The van der Waals surface area contributed by atoms with Crippen LogP contribution in [0.1, 0.15) is 43.1 Å². The largest absolute Gasteiger partial charge is 0.481 e. The lowest BCUT2D eigenvalue weighted by molar-refractivity contribution is -0.139. The van der Waals surface area contributed by atoms with Crippen LogP contribution in [-0.4, -0.2) is 101 Å². The number of carbonyl (C=O) groups excluding carboxylic acids is 3. The molecule has 3 atom stereocenters. The van der Waals surface area contributed by atoms with E-state index in [1.807, 2.05) is 42.2 Å². The van der Waals surface area contributed by atoms with Crippen molar-refractivity contribution in [3.8, 4) is 11.4 Å². The lowest BCUT2D eigenvalue weighted by atomic mass is 10.1. The number of anilines is 1. The summed E-state index contributed by atoms with van der Waals surface area (Å²) in [5.74, 6) is -0.465. The van der Waals surface area contributed by atoms with E-state index in [-0.39, 0.29) is 41.4 Å². The highest BCUT2D eigenvalue weighted by Gasteiger charge is 2.60. The third kappa shape index (κ3) is 6.28. The van der Waals surface area contributed by atoms with Crippen molar-refractivity contribution >= 4 is 29.7 Å². The highest BCUT2D eigenvalue weighted by Crippen LogP contribution is 2.52. The van der Waals surface area contributed by atoms with Gasteiger partial charge in [-0.2, -0.15) is 0 Å². The Morgan fingerprint density at radius 3 is 2.30 bits per heavy atom. The standard InChI is InChI=1S/C31H38N6O6/c1-2-3-15-43-31(42)36-13-11-35(12-14-36)29(39)26(19-9-10-19)34-28(38)23-16-24(33-27(32-23)20-7-5-4-6-8-20)37-17-21-22(18-37)25(21)30(40)41/h4-8,16,19,21-22,25-26H,2-3,9-15,17-18H2,1H3,(H,34,38)(H,40,41)/t21?,22?,25?,26-/m0/s1. The number of nitrogens with zero attached hydrogens (tertiary/aromatic N) is 5. The van der Waals surface area contributed by atoms with Gasteiger partial charge in [0.1, 0.15) is 17.6 Å². The van der Waals surface area contributed by atoms with Gasteiger partial charge in [-0.25, -0.2) is 14.8 Å². The molecule has 2 N–H and O–H groups in total. The van der Waals surface area contributed by atoms with Gasteiger partial charge < -0.3 is 29.9 Å². The number of aliphatic carboxylic acids is 1. The van der Waals surface area contributed by atoms with Crippen LogP contribution in [-0.2, 0) is 14.3 Å². The Labute approximate surface area is 250 Å². The number of fused-ring (bicyclic) bond motifs is 1. The summed E-state index contributed by atoms with van der Waals surface area (Å²) in [6, 6.07) is 10.4. The second-order valence-corrected chi connectivity index (χ2v) is 12.0. The first-order valence-electron chi connectivity index (χ1n) is 15.3. The van der Waals surface area contributed by atoms with E-state index in [0.717, 1.165) is 31.2 Å². The van der Waals surface area contributed by atoms with E-state index in [9.17, 15) is 24.3 Å². The number of carbonyl (C=O) groups is 4. The van der Waals surface area contributed by atoms with Gasteiger partial charge >= 0.3 is 12.1 Å². The van der Waals surface area contributed by atoms with Crippen LogP contribution in [0.2, 0.25) is 0 Å². The van der Waals surface area contributed by atoms with Crippen LogP contribution in [0.3, 0.4) is 0 Å². The van der Waals surface area contributed by atoms with Crippen LogP contribution in [0.5, 0.6) is 0 Å². The number of unbranched alkanes of at least 4 members (excludes halogenated alkanes) is 1. The highest BCUT2D eigenvalue weighted by atomic mass is 16.6. The number of ether oxygens (including phenoxy) is 1. The van der Waals surface area contributed by atoms with Gasteiger partial charge in [0, 0.05) is 50.9 Å². The number of hydrogen-bond acceptors (Lipinski definition) is 8. The van der Waals surface area contributed by atoms with E-state index < -0.39 is 17.9 Å². The van der Waals surface area contributed by atoms with Crippen molar-refractivity contribution in [3.05, 3.63) is 42.1 Å². The van der Waals surface area contributed by atoms with Crippen molar-refractivity contribution < 1.29 is 29.0 Å². The Morgan fingerprint density at radius 2 is 1.67 bits per heavy atom. The number of piperidine rings is 1. The molecule has 2 saturated heterocycles. The van der Waals surface area contributed by atoms with Gasteiger partial charge in [-0.15, -0.1) is 0 Å². The fourth-order valence-corrected chi connectivity index (χ4v) is 6.24. The number of aromatic nitrogens is 2. The number of hydrogen-bond donors (Lipinski definition) is 2. The van der Waals surface area contributed by atoms with E-state index in [1.54, 1.807) is 15.9 Å². The number of piperazine rings is 1. The molecule has 2 unspecified atom stereocenters. The molecule has 43 heavy (non-hydrogen) atoms. The molecule has 12 nitrogen and oxygen atoms in total. The third-order valence-corrected chi connectivity index (χ3v) is 9.00. The smallest absolute Gasteiger partial charge is 0.409 e. The SMILES string of the molecule is CCCCOC(=O)N1CCN(C(=O)[C@@H](NC(=O)c2cc(N3CC4C(C3)C4C(=O)O)nc(-c3ccccc3)n2)C2CC2)CC1. The normalized spacial score (nSPS) is 23.4. The van der Waals surface area contributed by atoms with Gasteiger partial charge in [-0.1, -0.05) is 43.7 Å². The van der Waals surface area contributed by atoms with Gasteiger partial charge in [0.05, 0.1) is 12.5 Å². The minimum atomic E-state index is -0.758. The van der Waals surface area contributed by atoms with E-state index in [2.05, 4.69) is 10.3 Å². The van der Waals surface area contributed by atoms with E-state index in [0.29, 0.717) is 57.5 Å². The molecule has 3 amide bonds. The molecule has 3 heterocycles. The molecule has 2 aliphatic heterocycles. The number of amides is 3. The number of benzene rings is 1. The molecule has 0 radical (unpaired) electrons. The van der Waals surface area contributed by atoms with Crippen molar-refractivity contribution in [1.29, 1.82) is 0 Å². The Kier molecular flexibility index (Phi) is 8.18. The first-order chi connectivity index (χ1) is 20.8. The summed E-state index contributed by atoms with van der Waals surface area (Å²) < 4.78 is 5.31. The predicted molar refractivity (Wildman–Crippen MR) is 156 cm³/mol. The van der Waals surface area contributed by atoms with Crippen molar-refractivity contribution in [2.24, 2.45) is 23.7 Å². The van der Waals surface area contributed by atoms with Crippen molar-refractivity contribution in [2.45, 2.75) is 38.6 Å². The van der Waals surface area contributed by atoms with Gasteiger partial charge in [-0.3, -0.25) is 14.4 Å². The molecule has 12 heteroatoms. The minimum absolute atomic E-state index is 0.0574. The second-order valence-electron chi connectivity index (χ2n) is 12.0. The van der Waals surface area contributed by atoms with Crippen LogP contribution < -0.4 is 10.2 Å². The zero-order valence-electron chi connectivity index (χ0n) is 24.4. The van der Waals surface area contributed by atoms with Gasteiger partial charge in [0.25, 0.3) is 5.91 Å². The molecule has 0 bridgehead atoms. The molecular formula is C31H38N6O6. The Hall–Kier alpha value is -4.22. The summed E-state index contributed by atoms with van der Waals surface area (Å²) >= 11 is 0. The summed E-state index contributed by atoms with van der Waals surface area (Å²) in [7, 11) is 0. The molecule has 6 rings (SSSR count). The quantitative estimate of drug-likeness (QED) is 0.399. The highest BCUT2D eigenvalue weighted by molar-refractivity contribution is 5.97. The Balaban J connectivity index is 1.15. The van der Waals surface area contributed by atoms with E-state index in [4.69, 9.17) is 9.72 Å². The molecule has 4 aliphatic rings. The second kappa shape index (κ2) is 12.2. The van der Waals surface area contributed by atoms with Crippen molar-refractivity contribution in [2.75, 3.05) is 50.8 Å². The number of rotatable bonds is 10. The summed E-state index contributed by atoms with van der Waals surface area (Å²) in [4.78, 5) is 65.8. The fraction of sp³-hybridized carbons (Fsp3) is 0.548. The number of carboxylic acids is 1. The fourth-order valence-electron chi connectivity index (χ4n) is 6.24. The molecule has 2 aliphatic carbocycles. The first-order valence-corrected chi connectivity index (χ1v) is 15.3. The minimum Gasteiger partial charge on any atom is -0.481 e. The van der Waals surface area contributed by atoms with Crippen molar-refractivity contribution in [3.63, 3.8) is 0 Å². The zero-order chi connectivity index (χ0) is 30.1. The average Bonchev–Trinajstić information content (AvgIpc) is 3.96. The molecule has 4 fully saturated rings. The predicted octanol–water partition coefficient (Wildman–Crippen LogP) is 2.50. The van der Waals surface area contributed by atoms with Crippen LogP contribution >= 0.6 is 0 Å². The summed E-state index contributed by atoms with van der Waals surface area (Å²) in [5.41, 5.74) is 0.921. The molecule has 2 saturated carbocycles. The van der Waals surface area contributed by atoms with Crippen molar-refractivity contribution in [1.82, 2.24) is 25.1 Å². The zero-order valence-corrected chi connectivity index (χ0v) is 24.4. The molecule has 2 aromatic rings. The molecular weight excluding hydrogens is 552 g/mol. The first kappa shape index (κ1) is 28.9. The Bertz CT molecular complexity index is 1360. The van der Waals surface area contributed by atoms with E-state index in [1.165, 1.54) is 0 Å². The van der Waals surface area contributed by atoms with Gasteiger partial charge in [-0.05, 0) is 37.0 Å². The van der Waals surface area contributed by atoms with Gasteiger partial charge in [0.15, 0.2) is 5.82 Å². The molecule has 228 valence electrons. The average molecular weight is 591 g/mol. The monoisotopic (exact) mass is 590 g/mol. The van der Waals surface area contributed by atoms with Crippen LogP contribution in [0.25, 0.3) is 11.4 Å². The van der Waals surface area contributed by atoms with Crippen LogP contribution in [0.4, 0.5) is 10.6 Å². The summed E-state index contributed by atoms with van der Waals surface area (Å²) in [6.07, 6.45) is 3.12. The van der Waals surface area contributed by atoms with Crippen LogP contribution in [0, 0.1) is 23.7 Å².